The van der Waals surface area contributed by atoms with Crippen LogP contribution in [0.3, 0.4) is 0 Å². The average molecular weight is 233 g/mol. The molecule has 92 valence electrons. The highest BCUT2D eigenvalue weighted by molar-refractivity contribution is 5.78. The molecule has 3 nitrogen and oxygen atoms in total. The Kier molecular flexibility index (Phi) is 3.79. The molecule has 0 unspecified atom stereocenters. The van der Waals surface area contributed by atoms with Crippen LogP contribution in [-0.2, 0) is 24.1 Å². The molecule has 0 aromatic heterocycles. The van der Waals surface area contributed by atoms with Crippen molar-refractivity contribution in [3.63, 3.8) is 0 Å². The van der Waals surface area contributed by atoms with Gasteiger partial charge in [0.05, 0.1) is 12.5 Å². The van der Waals surface area contributed by atoms with Crippen LogP contribution in [0.1, 0.15) is 30.0 Å². The van der Waals surface area contributed by atoms with Gasteiger partial charge in [-0.3, -0.25) is 4.79 Å². The summed E-state index contributed by atoms with van der Waals surface area (Å²) in [5.74, 6) is -0.0242. The largest absolute Gasteiger partial charge is 0.392 e. The summed E-state index contributed by atoms with van der Waals surface area (Å²) in [4.78, 5) is 11.6. The number of carbonyl (C=O) groups excluding carboxylic acids is 1. The van der Waals surface area contributed by atoms with Crippen LogP contribution in [-0.4, -0.2) is 23.7 Å². The van der Waals surface area contributed by atoms with Gasteiger partial charge in [0, 0.05) is 6.54 Å². The number of benzene rings is 1. The quantitative estimate of drug-likeness (QED) is 0.821. The fraction of sp³-hybridized carbons (Fsp3) is 0.500. The lowest BCUT2D eigenvalue weighted by atomic mass is 10.0. The molecule has 2 N–H and O–H groups in total. The van der Waals surface area contributed by atoms with E-state index in [0.29, 0.717) is 13.0 Å². The molecule has 0 saturated heterocycles. The molecule has 0 saturated carbocycles. The Hall–Kier alpha value is -1.35. The summed E-state index contributed by atoms with van der Waals surface area (Å²) in [5, 5.41) is 11.8. The van der Waals surface area contributed by atoms with Gasteiger partial charge >= 0.3 is 0 Å². The topological polar surface area (TPSA) is 49.3 Å². The van der Waals surface area contributed by atoms with E-state index in [9.17, 15) is 4.79 Å². The smallest absolute Gasteiger partial charge is 0.224 e. The van der Waals surface area contributed by atoms with E-state index in [1.54, 1.807) is 6.92 Å². The number of fused-ring (bicyclic) bond motifs is 1. The molecule has 1 aliphatic rings. The molecule has 3 heteroatoms. The Labute approximate surface area is 102 Å². The highest BCUT2D eigenvalue weighted by Crippen LogP contribution is 2.22. The van der Waals surface area contributed by atoms with E-state index in [0.717, 1.165) is 12.0 Å². The van der Waals surface area contributed by atoms with Gasteiger partial charge in [0.15, 0.2) is 0 Å². The van der Waals surface area contributed by atoms with Crippen molar-refractivity contribution in [2.24, 2.45) is 0 Å². The number of aliphatic hydroxyl groups excluding tert-OH is 1. The van der Waals surface area contributed by atoms with E-state index >= 15 is 0 Å². The second-order valence-electron chi connectivity index (χ2n) is 4.79. The first kappa shape index (κ1) is 12.1. The normalized spacial score (nSPS) is 15.4. The van der Waals surface area contributed by atoms with E-state index in [4.69, 9.17) is 5.11 Å². The lowest BCUT2D eigenvalue weighted by Gasteiger charge is -2.08. The second kappa shape index (κ2) is 5.32. The summed E-state index contributed by atoms with van der Waals surface area (Å²) >= 11 is 0. The minimum Gasteiger partial charge on any atom is -0.392 e. The van der Waals surface area contributed by atoms with Crippen molar-refractivity contribution in [1.82, 2.24) is 5.32 Å². The Bertz CT molecular complexity index is 413. The van der Waals surface area contributed by atoms with Gasteiger partial charge in [-0.1, -0.05) is 18.2 Å². The molecule has 0 radical (unpaired) electrons. The highest BCUT2D eigenvalue weighted by Gasteiger charge is 2.12. The standard InChI is InChI=1S/C14H19NO2/c1-10(16)9-15-14(17)8-11-5-6-12-3-2-4-13(12)7-11/h5-7,10,16H,2-4,8-9H2,1H3,(H,15,17)/t10-/m1/s1. The Morgan fingerprint density at radius 1 is 1.41 bits per heavy atom. The van der Waals surface area contributed by atoms with Crippen molar-refractivity contribution in [1.29, 1.82) is 0 Å². The van der Waals surface area contributed by atoms with Gasteiger partial charge in [0.1, 0.15) is 0 Å². The zero-order valence-corrected chi connectivity index (χ0v) is 10.2. The first-order valence-electron chi connectivity index (χ1n) is 6.20. The molecule has 2 rings (SSSR count). The van der Waals surface area contributed by atoms with Crippen LogP contribution in [0.25, 0.3) is 0 Å². The van der Waals surface area contributed by atoms with Gasteiger partial charge in [-0.25, -0.2) is 0 Å². The third kappa shape index (κ3) is 3.30. The van der Waals surface area contributed by atoms with Gasteiger partial charge in [0.25, 0.3) is 0 Å². The summed E-state index contributed by atoms with van der Waals surface area (Å²) in [6.45, 7) is 1.99. The third-order valence-electron chi connectivity index (χ3n) is 3.12. The monoisotopic (exact) mass is 233 g/mol. The van der Waals surface area contributed by atoms with Gasteiger partial charge in [0.2, 0.25) is 5.91 Å². The van der Waals surface area contributed by atoms with Crippen molar-refractivity contribution < 1.29 is 9.90 Å². The molecule has 0 fully saturated rings. The predicted molar refractivity (Wildman–Crippen MR) is 66.9 cm³/mol. The predicted octanol–water partition coefficient (Wildman–Crippen LogP) is 1.21. The third-order valence-corrected chi connectivity index (χ3v) is 3.12. The molecule has 1 aromatic carbocycles. The molecular weight excluding hydrogens is 214 g/mol. The number of rotatable bonds is 4. The molecule has 0 aliphatic heterocycles. The number of amides is 1. The van der Waals surface area contributed by atoms with Gasteiger partial charge in [-0.15, -0.1) is 0 Å². The minimum atomic E-state index is -0.487. The van der Waals surface area contributed by atoms with Gasteiger partial charge < -0.3 is 10.4 Å². The number of nitrogens with one attached hydrogen (secondary N) is 1. The molecule has 1 aromatic rings. The highest BCUT2D eigenvalue weighted by atomic mass is 16.3. The fourth-order valence-electron chi connectivity index (χ4n) is 2.24. The maximum absolute atomic E-state index is 11.6. The van der Waals surface area contributed by atoms with Crippen molar-refractivity contribution in [3.05, 3.63) is 34.9 Å². The number of aryl methyl sites for hydroxylation is 2. The summed E-state index contributed by atoms with van der Waals surface area (Å²) in [5.41, 5.74) is 3.89. The van der Waals surface area contributed by atoms with Crippen LogP contribution < -0.4 is 5.32 Å². The summed E-state index contributed by atoms with van der Waals surface area (Å²) < 4.78 is 0. The molecule has 0 bridgehead atoms. The maximum Gasteiger partial charge on any atom is 0.224 e. The minimum absolute atomic E-state index is 0.0242. The molecule has 17 heavy (non-hydrogen) atoms. The fourth-order valence-corrected chi connectivity index (χ4v) is 2.24. The second-order valence-corrected chi connectivity index (χ2v) is 4.79. The van der Waals surface area contributed by atoms with Gasteiger partial charge in [-0.05, 0) is 42.9 Å². The van der Waals surface area contributed by atoms with Gasteiger partial charge in [-0.2, -0.15) is 0 Å². The van der Waals surface area contributed by atoms with Crippen molar-refractivity contribution in [2.75, 3.05) is 6.54 Å². The molecule has 1 amide bonds. The van der Waals surface area contributed by atoms with Crippen LogP contribution in [0.15, 0.2) is 18.2 Å². The molecule has 1 aliphatic carbocycles. The lowest BCUT2D eigenvalue weighted by molar-refractivity contribution is -0.120. The SMILES string of the molecule is C[C@@H](O)CNC(=O)Cc1ccc2c(c1)CCC2. The molecular formula is C14H19NO2. The van der Waals surface area contributed by atoms with E-state index in [2.05, 4.69) is 17.4 Å². The van der Waals surface area contributed by atoms with Crippen LogP contribution in [0, 0.1) is 0 Å². The maximum atomic E-state index is 11.6. The summed E-state index contributed by atoms with van der Waals surface area (Å²) in [6.07, 6.45) is 3.45. The van der Waals surface area contributed by atoms with Crippen molar-refractivity contribution in [3.8, 4) is 0 Å². The molecule has 0 spiro atoms. The lowest BCUT2D eigenvalue weighted by Crippen LogP contribution is -2.31. The van der Waals surface area contributed by atoms with Crippen molar-refractivity contribution >= 4 is 5.91 Å². The number of hydrogen-bond acceptors (Lipinski definition) is 2. The Morgan fingerprint density at radius 2 is 2.18 bits per heavy atom. The van der Waals surface area contributed by atoms with E-state index in [-0.39, 0.29) is 5.91 Å². The average Bonchev–Trinajstić information content (AvgIpc) is 2.73. The van der Waals surface area contributed by atoms with E-state index in [1.165, 1.54) is 24.0 Å². The summed E-state index contributed by atoms with van der Waals surface area (Å²) in [6, 6.07) is 6.32. The molecule has 0 heterocycles. The first-order valence-corrected chi connectivity index (χ1v) is 6.20. The van der Waals surface area contributed by atoms with Crippen LogP contribution in [0.4, 0.5) is 0 Å². The Balaban J connectivity index is 1.92. The van der Waals surface area contributed by atoms with Crippen LogP contribution >= 0.6 is 0 Å². The van der Waals surface area contributed by atoms with E-state index in [1.807, 2.05) is 6.07 Å². The van der Waals surface area contributed by atoms with Crippen molar-refractivity contribution in [2.45, 2.75) is 38.7 Å². The van der Waals surface area contributed by atoms with E-state index < -0.39 is 6.10 Å². The number of hydrogen-bond donors (Lipinski definition) is 2. The first-order chi connectivity index (χ1) is 8.15. The number of aliphatic hydroxyl groups is 1. The zero-order chi connectivity index (χ0) is 12.3. The Morgan fingerprint density at radius 3 is 2.94 bits per heavy atom. The zero-order valence-electron chi connectivity index (χ0n) is 10.2. The summed E-state index contributed by atoms with van der Waals surface area (Å²) in [7, 11) is 0. The van der Waals surface area contributed by atoms with Crippen LogP contribution in [0.5, 0.6) is 0 Å². The molecule has 1 atom stereocenters. The van der Waals surface area contributed by atoms with Crippen LogP contribution in [0.2, 0.25) is 0 Å². The number of carbonyl (C=O) groups is 1.